The number of piperidine rings is 3. The minimum absolute atomic E-state index is 0.0366. The van der Waals surface area contributed by atoms with Crippen molar-refractivity contribution in [2.75, 3.05) is 19.6 Å². The maximum Gasteiger partial charge on any atom is 0.328 e. The number of sulfonamides is 1. The maximum atomic E-state index is 12.3. The average Bonchev–Trinajstić information content (AvgIpc) is 2.48. The highest BCUT2D eigenvalue weighted by atomic mass is 32.2. The van der Waals surface area contributed by atoms with E-state index in [0.717, 1.165) is 32.5 Å². The number of fused-ring (bicyclic) bond motifs is 3. The largest absolute Gasteiger partial charge is 0.333 e. The first-order valence-corrected chi connectivity index (χ1v) is 9.05. The molecular weight excluding hydrogens is 302 g/mol. The molecule has 120 valence electrons. The van der Waals surface area contributed by atoms with Crippen molar-refractivity contribution in [2.24, 2.45) is 5.92 Å². The van der Waals surface area contributed by atoms with E-state index in [1.807, 2.05) is 0 Å². The van der Waals surface area contributed by atoms with E-state index >= 15 is 0 Å². The third-order valence-corrected chi connectivity index (χ3v) is 6.07. The molecule has 3 aliphatic heterocycles. The quantitative estimate of drug-likeness (QED) is 0.872. The Balaban J connectivity index is 1.65. The lowest BCUT2D eigenvalue weighted by molar-refractivity contribution is 0.0770. The van der Waals surface area contributed by atoms with Crippen molar-refractivity contribution in [1.29, 1.82) is 0 Å². The SMILES string of the molecule is Cc1ccccc1S(=O)(=O)NC(=O)NC1CN2CCC1CC2. The van der Waals surface area contributed by atoms with Gasteiger partial charge in [0.1, 0.15) is 0 Å². The van der Waals surface area contributed by atoms with Gasteiger partial charge in [-0.05, 0) is 50.4 Å². The van der Waals surface area contributed by atoms with E-state index in [1.165, 1.54) is 6.07 Å². The van der Waals surface area contributed by atoms with E-state index in [4.69, 9.17) is 0 Å². The number of nitrogens with zero attached hydrogens (tertiary/aromatic N) is 1. The molecule has 2 bridgehead atoms. The smallest absolute Gasteiger partial charge is 0.328 e. The molecule has 3 aliphatic rings. The minimum Gasteiger partial charge on any atom is -0.333 e. The number of nitrogens with one attached hydrogen (secondary N) is 2. The van der Waals surface area contributed by atoms with Gasteiger partial charge in [0.15, 0.2) is 0 Å². The number of hydrogen-bond donors (Lipinski definition) is 2. The van der Waals surface area contributed by atoms with Crippen LogP contribution in [0, 0.1) is 12.8 Å². The molecule has 7 heteroatoms. The van der Waals surface area contributed by atoms with Gasteiger partial charge in [-0.3, -0.25) is 0 Å². The van der Waals surface area contributed by atoms with Gasteiger partial charge in [-0.15, -0.1) is 0 Å². The Hall–Kier alpha value is -1.60. The van der Waals surface area contributed by atoms with Gasteiger partial charge in [0.2, 0.25) is 0 Å². The normalized spacial score (nSPS) is 27.4. The van der Waals surface area contributed by atoms with Gasteiger partial charge in [0.25, 0.3) is 10.0 Å². The zero-order chi connectivity index (χ0) is 15.7. The van der Waals surface area contributed by atoms with Gasteiger partial charge in [0, 0.05) is 12.6 Å². The van der Waals surface area contributed by atoms with Crippen molar-refractivity contribution in [3.8, 4) is 0 Å². The van der Waals surface area contributed by atoms with Crippen LogP contribution in [0.2, 0.25) is 0 Å². The molecule has 22 heavy (non-hydrogen) atoms. The summed E-state index contributed by atoms with van der Waals surface area (Å²) in [6, 6.07) is 6.02. The van der Waals surface area contributed by atoms with Crippen LogP contribution >= 0.6 is 0 Å². The second-order valence-corrected chi connectivity index (χ2v) is 7.74. The van der Waals surface area contributed by atoms with E-state index in [9.17, 15) is 13.2 Å². The zero-order valence-electron chi connectivity index (χ0n) is 12.6. The molecule has 2 amide bonds. The average molecular weight is 323 g/mol. The predicted molar refractivity (Wildman–Crippen MR) is 83.0 cm³/mol. The van der Waals surface area contributed by atoms with Crippen molar-refractivity contribution < 1.29 is 13.2 Å². The van der Waals surface area contributed by atoms with Gasteiger partial charge in [-0.1, -0.05) is 18.2 Å². The number of carbonyl (C=O) groups is 1. The topological polar surface area (TPSA) is 78.5 Å². The van der Waals surface area contributed by atoms with Crippen molar-refractivity contribution in [2.45, 2.75) is 30.7 Å². The van der Waals surface area contributed by atoms with Crippen molar-refractivity contribution in [3.05, 3.63) is 29.8 Å². The maximum absolute atomic E-state index is 12.3. The Labute approximate surface area is 130 Å². The van der Waals surface area contributed by atoms with Crippen molar-refractivity contribution in [3.63, 3.8) is 0 Å². The van der Waals surface area contributed by atoms with Crippen LogP contribution in [-0.2, 0) is 10.0 Å². The first-order chi connectivity index (χ1) is 10.5. The fraction of sp³-hybridized carbons (Fsp3) is 0.533. The highest BCUT2D eigenvalue weighted by molar-refractivity contribution is 7.90. The Kier molecular flexibility index (Phi) is 4.10. The van der Waals surface area contributed by atoms with Gasteiger partial charge >= 0.3 is 6.03 Å². The third kappa shape index (κ3) is 3.10. The van der Waals surface area contributed by atoms with Crippen LogP contribution in [0.15, 0.2) is 29.2 Å². The molecule has 3 fully saturated rings. The van der Waals surface area contributed by atoms with E-state index in [0.29, 0.717) is 11.5 Å². The van der Waals surface area contributed by atoms with E-state index < -0.39 is 16.1 Å². The molecule has 0 radical (unpaired) electrons. The summed E-state index contributed by atoms with van der Waals surface area (Å²) in [7, 11) is -3.83. The monoisotopic (exact) mass is 323 g/mol. The fourth-order valence-corrected chi connectivity index (χ4v) is 4.52. The van der Waals surface area contributed by atoms with E-state index in [2.05, 4.69) is 14.9 Å². The van der Waals surface area contributed by atoms with Crippen LogP contribution < -0.4 is 10.0 Å². The van der Waals surface area contributed by atoms with Crippen molar-refractivity contribution in [1.82, 2.24) is 14.9 Å². The van der Waals surface area contributed by atoms with Gasteiger partial charge in [-0.25, -0.2) is 17.9 Å². The first-order valence-electron chi connectivity index (χ1n) is 7.57. The lowest BCUT2D eigenvalue weighted by Crippen LogP contribution is -2.59. The van der Waals surface area contributed by atoms with Crippen LogP contribution in [0.4, 0.5) is 4.79 Å². The Morgan fingerprint density at radius 2 is 1.91 bits per heavy atom. The summed E-state index contributed by atoms with van der Waals surface area (Å²) in [6.45, 7) is 4.67. The molecule has 0 saturated carbocycles. The third-order valence-electron chi connectivity index (χ3n) is 4.58. The molecule has 4 rings (SSSR count). The molecule has 0 spiro atoms. The molecule has 1 unspecified atom stereocenters. The van der Waals surface area contributed by atoms with Crippen LogP contribution in [0.3, 0.4) is 0 Å². The summed E-state index contributed by atoms with van der Waals surface area (Å²) in [5, 5.41) is 2.82. The summed E-state index contributed by atoms with van der Waals surface area (Å²) in [5.74, 6) is 0.455. The summed E-state index contributed by atoms with van der Waals surface area (Å²) in [5.41, 5.74) is 0.616. The summed E-state index contributed by atoms with van der Waals surface area (Å²) >= 11 is 0. The Morgan fingerprint density at radius 3 is 2.50 bits per heavy atom. The summed E-state index contributed by atoms with van der Waals surface area (Å²) in [4.78, 5) is 14.5. The lowest BCUT2D eigenvalue weighted by atomic mass is 9.84. The summed E-state index contributed by atoms with van der Waals surface area (Å²) in [6.07, 6.45) is 2.13. The fourth-order valence-electron chi connectivity index (χ4n) is 3.36. The van der Waals surface area contributed by atoms with E-state index in [1.54, 1.807) is 25.1 Å². The standard InChI is InChI=1S/C15H21N3O3S/c1-11-4-2-3-5-14(11)22(20,21)17-15(19)16-13-10-18-8-6-12(13)7-9-18/h2-5,12-13H,6-10H2,1H3,(H2,16,17,19). The Morgan fingerprint density at radius 1 is 1.23 bits per heavy atom. The molecular formula is C15H21N3O3S. The molecule has 3 heterocycles. The summed E-state index contributed by atoms with van der Waals surface area (Å²) < 4.78 is 26.7. The van der Waals surface area contributed by atoms with Gasteiger partial charge in [-0.2, -0.15) is 0 Å². The molecule has 1 aromatic rings. The van der Waals surface area contributed by atoms with Crippen LogP contribution in [0.5, 0.6) is 0 Å². The van der Waals surface area contributed by atoms with Crippen LogP contribution in [0.1, 0.15) is 18.4 Å². The van der Waals surface area contributed by atoms with Gasteiger partial charge < -0.3 is 10.2 Å². The number of aryl methyl sites for hydroxylation is 1. The molecule has 3 saturated heterocycles. The first kappa shape index (κ1) is 15.3. The number of benzene rings is 1. The van der Waals surface area contributed by atoms with Crippen LogP contribution in [0.25, 0.3) is 0 Å². The molecule has 0 aliphatic carbocycles. The highest BCUT2D eigenvalue weighted by Crippen LogP contribution is 2.27. The molecule has 6 nitrogen and oxygen atoms in total. The molecule has 0 aromatic heterocycles. The van der Waals surface area contributed by atoms with Gasteiger partial charge in [0.05, 0.1) is 4.90 Å². The zero-order valence-corrected chi connectivity index (χ0v) is 13.4. The number of urea groups is 1. The van der Waals surface area contributed by atoms with Crippen LogP contribution in [-0.4, -0.2) is 45.0 Å². The molecule has 2 N–H and O–H groups in total. The minimum atomic E-state index is -3.83. The highest BCUT2D eigenvalue weighted by Gasteiger charge is 2.35. The molecule has 1 atom stereocenters. The Bertz CT molecular complexity index is 666. The second-order valence-electron chi connectivity index (χ2n) is 6.09. The van der Waals surface area contributed by atoms with Crippen molar-refractivity contribution >= 4 is 16.1 Å². The molecule has 1 aromatic carbocycles. The second kappa shape index (κ2) is 5.89. The van der Waals surface area contributed by atoms with E-state index in [-0.39, 0.29) is 10.9 Å². The number of amides is 2. The number of hydrogen-bond acceptors (Lipinski definition) is 4. The number of rotatable bonds is 3. The number of carbonyl (C=O) groups excluding carboxylic acids is 1. The predicted octanol–water partition coefficient (Wildman–Crippen LogP) is 1.08. The lowest BCUT2D eigenvalue weighted by Gasteiger charge is -2.44.